The lowest BCUT2D eigenvalue weighted by atomic mass is 10.3. The fourth-order valence-electron chi connectivity index (χ4n) is 0.931. The van der Waals surface area contributed by atoms with E-state index < -0.39 is 5.97 Å². The van der Waals surface area contributed by atoms with E-state index in [1.807, 2.05) is 0 Å². The Morgan fingerprint density at radius 2 is 2.17 bits per heavy atom. The van der Waals surface area contributed by atoms with Crippen molar-refractivity contribution >= 4 is 11.8 Å². The third-order valence-electron chi connectivity index (χ3n) is 1.61. The molecule has 0 unspecified atom stereocenters. The molecule has 0 radical (unpaired) electrons. The molecule has 0 atom stereocenters. The van der Waals surface area contributed by atoms with Gasteiger partial charge < -0.3 is 10.0 Å². The van der Waals surface area contributed by atoms with Crippen molar-refractivity contribution in [1.82, 2.24) is 4.90 Å². The molecule has 0 aromatic heterocycles. The van der Waals surface area contributed by atoms with Crippen LogP contribution in [-0.4, -0.2) is 42.5 Å². The van der Waals surface area contributed by atoms with E-state index in [9.17, 15) is 4.79 Å². The Labute approximate surface area is 72.9 Å². The second kappa shape index (κ2) is 5.57. The first-order valence-electron chi connectivity index (χ1n) is 4.04. The van der Waals surface area contributed by atoms with Gasteiger partial charge in [0.2, 0.25) is 5.84 Å². The van der Waals surface area contributed by atoms with E-state index in [1.165, 1.54) is 7.05 Å². The molecule has 1 N–H and O–H groups in total. The quantitative estimate of drug-likeness (QED) is 0.506. The summed E-state index contributed by atoms with van der Waals surface area (Å²) in [6, 6.07) is 0. The number of aliphatic imine (C=N–C) groups is 1. The maximum atomic E-state index is 10.6. The maximum absolute atomic E-state index is 10.6. The van der Waals surface area contributed by atoms with Gasteiger partial charge in [0.05, 0.1) is 0 Å². The molecule has 0 heterocycles. The minimum absolute atomic E-state index is 0.128. The fourth-order valence-corrected chi connectivity index (χ4v) is 0.931. The Balaban J connectivity index is 4.05. The number of hydrogen-bond donors (Lipinski definition) is 1. The van der Waals surface area contributed by atoms with Crippen LogP contribution in [0.25, 0.3) is 0 Å². The highest BCUT2D eigenvalue weighted by molar-refractivity contribution is 6.34. The van der Waals surface area contributed by atoms with Crippen LogP contribution in [0.4, 0.5) is 0 Å². The monoisotopic (exact) mass is 172 g/mol. The molecule has 70 valence electrons. The Morgan fingerprint density at radius 1 is 1.58 bits per heavy atom. The first-order chi connectivity index (χ1) is 5.63. The van der Waals surface area contributed by atoms with Crippen LogP contribution in [0.3, 0.4) is 0 Å². The van der Waals surface area contributed by atoms with Gasteiger partial charge in [-0.2, -0.15) is 0 Å². The summed E-state index contributed by atoms with van der Waals surface area (Å²) in [6.45, 7) is 2.81. The standard InChI is InChI=1S/C8H16N2O2/c1-4-5-6-10(3)7(9-2)8(11)12/h4-6H2,1-3H3,(H,11,12)/b9-7+. The second-order valence-electron chi connectivity index (χ2n) is 2.63. The summed E-state index contributed by atoms with van der Waals surface area (Å²) in [5, 5.41) is 8.67. The van der Waals surface area contributed by atoms with E-state index in [0.29, 0.717) is 0 Å². The molecule has 4 heteroatoms. The van der Waals surface area contributed by atoms with Crippen LogP contribution in [0.2, 0.25) is 0 Å². The van der Waals surface area contributed by atoms with E-state index in [4.69, 9.17) is 5.11 Å². The molecule has 0 rings (SSSR count). The van der Waals surface area contributed by atoms with Gasteiger partial charge >= 0.3 is 5.97 Å². The van der Waals surface area contributed by atoms with Crippen LogP contribution in [0.5, 0.6) is 0 Å². The molecular formula is C8H16N2O2. The normalized spacial score (nSPS) is 11.4. The first kappa shape index (κ1) is 10.9. The molecule has 0 aromatic rings. The zero-order valence-electron chi connectivity index (χ0n) is 7.87. The zero-order chi connectivity index (χ0) is 9.56. The van der Waals surface area contributed by atoms with Gasteiger partial charge in [-0.1, -0.05) is 13.3 Å². The van der Waals surface area contributed by atoms with Crippen molar-refractivity contribution in [2.75, 3.05) is 20.6 Å². The molecule has 0 saturated heterocycles. The molecule has 0 amide bonds. The second-order valence-corrected chi connectivity index (χ2v) is 2.63. The van der Waals surface area contributed by atoms with Crippen molar-refractivity contribution in [2.45, 2.75) is 19.8 Å². The number of aliphatic carboxylic acids is 1. The van der Waals surface area contributed by atoms with Gasteiger partial charge in [-0.25, -0.2) is 4.79 Å². The Kier molecular flexibility index (Phi) is 5.08. The zero-order valence-corrected chi connectivity index (χ0v) is 7.87. The van der Waals surface area contributed by atoms with Gasteiger partial charge in [0.1, 0.15) is 0 Å². The summed E-state index contributed by atoms with van der Waals surface area (Å²) in [7, 11) is 3.23. The van der Waals surface area contributed by atoms with Gasteiger partial charge in [-0.3, -0.25) is 4.99 Å². The van der Waals surface area contributed by atoms with Crippen molar-refractivity contribution in [1.29, 1.82) is 0 Å². The highest BCUT2D eigenvalue weighted by Gasteiger charge is 2.12. The van der Waals surface area contributed by atoms with Gasteiger partial charge in [-0.05, 0) is 6.42 Å². The van der Waals surface area contributed by atoms with Crippen LogP contribution < -0.4 is 0 Å². The minimum Gasteiger partial charge on any atom is -0.475 e. The topological polar surface area (TPSA) is 52.9 Å². The number of amidine groups is 1. The third kappa shape index (κ3) is 3.37. The van der Waals surface area contributed by atoms with Crippen molar-refractivity contribution in [2.24, 2.45) is 4.99 Å². The lowest BCUT2D eigenvalue weighted by Gasteiger charge is -2.16. The minimum atomic E-state index is -0.962. The average Bonchev–Trinajstić information content (AvgIpc) is 2.01. The maximum Gasteiger partial charge on any atom is 0.371 e. The van der Waals surface area contributed by atoms with E-state index in [-0.39, 0.29) is 5.84 Å². The molecule has 0 aromatic carbocycles. The molecule has 0 spiro atoms. The molecular weight excluding hydrogens is 156 g/mol. The highest BCUT2D eigenvalue weighted by atomic mass is 16.4. The molecule has 0 saturated carbocycles. The van der Waals surface area contributed by atoms with Crippen LogP contribution in [-0.2, 0) is 4.79 Å². The summed E-state index contributed by atoms with van der Waals surface area (Å²) in [5.41, 5.74) is 0. The average molecular weight is 172 g/mol. The summed E-state index contributed by atoms with van der Waals surface area (Å²) in [4.78, 5) is 15.9. The van der Waals surface area contributed by atoms with Crippen LogP contribution in [0, 0.1) is 0 Å². The van der Waals surface area contributed by atoms with Gasteiger partial charge in [0.15, 0.2) is 0 Å². The molecule has 12 heavy (non-hydrogen) atoms. The lowest BCUT2D eigenvalue weighted by Crippen LogP contribution is -2.34. The molecule has 0 aliphatic rings. The first-order valence-corrected chi connectivity index (χ1v) is 4.04. The molecule has 0 aliphatic carbocycles. The van der Waals surface area contributed by atoms with Crippen LogP contribution in [0.1, 0.15) is 19.8 Å². The number of carbonyl (C=O) groups is 1. The number of rotatable bonds is 3. The fraction of sp³-hybridized carbons (Fsp3) is 0.750. The molecule has 0 fully saturated rings. The summed E-state index contributed by atoms with van der Waals surface area (Å²) in [5.74, 6) is -0.834. The van der Waals surface area contributed by atoms with Gasteiger partial charge in [-0.15, -0.1) is 0 Å². The Hall–Kier alpha value is -1.06. The number of carboxylic acids is 1. The molecule has 4 nitrogen and oxygen atoms in total. The summed E-state index contributed by atoms with van der Waals surface area (Å²) >= 11 is 0. The SMILES string of the molecule is CCCCN(C)/C(=N/C)C(=O)O. The smallest absolute Gasteiger partial charge is 0.371 e. The molecule has 0 aliphatic heterocycles. The number of nitrogens with zero attached hydrogens (tertiary/aromatic N) is 2. The predicted octanol–water partition coefficient (Wildman–Crippen LogP) is 0.831. The number of likely N-dealkylation sites (N-methyl/N-ethyl adjacent to an activating group) is 1. The number of unbranched alkanes of at least 4 members (excludes halogenated alkanes) is 1. The van der Waals surface area contributed by atoms with E-state index in [1.54, 1.807) is 11.9 Å². The van der Waals surface area contributed by atoms with E-state index >= 15 is 0 Å². The highest BCUT2D eigenvalue weighted by Crippen LogP contribution is 1.93. The predicted molar refractivity (Wildman–Crippen MR) is 48.5 cm³/mol. The van der Waals surface area contributed by atoms with Crippen molar-refractivity contribution < 1.29 is 9.90 Å². The third-order valence-corrected chi connectivity index (χ3v) is 1.61. The number of hydrogen-bond acceptors (Lipinski definition) is 2. The van der Waals surface area contributed by atoms with Crippen molar-refractivity contribution in [3.63, 3.8) is 0 Å². The van der Waals surface area contributed by atoms with Crippen LogP contribution >= 0.6 is 0 Å². The summed E-state index contributed by atoms with van der Waals surface area (Å²) in [6.07, 6.45) is 2.05. The Bertz CT molecular complexity index is 178. The van der Waals surface area contributed by atoms with Gasteiger partial charge in [0, 0.05) is 20.6 Å². The van der Waals surface area contributed by atoms with E-state index in [2.05, 4.69) is 11.9 Å². The van der Waals surface area contributed by atoms with Crippen LogP contribution in [0.15, 0.2) is 4.99 Å². The summed E-state index contributed by atoms with van der Waals surface area (Å²) < 4.78 is 0. The Morgan fingerprint density at radius 3 is 2.50 bits per heavy atom. The number of carboxylic acid groups (broad SMARTS) is 1. The largest absolute Gasteiger partial charge is 0.475 e. The van der Waals surface area contributed by atoms with Crippen molar-refractivity contribution in [3.8, 4) is 0 Å². The van der Waals surface area contributed by atoms with E-state index in [0.717, 1.165) is 19.4 Å². The van der Waals surface area contributed by atoms with Crippen molar-refractivity contribution in [3.05, 3.63) is 0 Å². The van der Waals surface area contributed by atoms with Gasteiger partial charge in [0.25, 0.3) is 0 Å². The lowest BCUT2D eigenvalue weighted by molar-refractivity contribution is -0.130. The molecule has 0 bridgehead atoms.